The van der Waals surface area contributed by atoms with Crippen LogP contribution in [0.25, 0.3) is 0 Å². The Labute approximate surface area is 142 Å². The van der Waals surface area contributed by atoms with Gasteiger partial charge in [-0.3, -0.25) is 14.5 Å². The molecule has 1 saturated carbocycles. The number of likely N-dealkylation sites (tertiary alicyclic amines) is 1. The molecule has 1 unspecified atom stereocenters. The van der Waals surface area contributed by atoms with E-state index in [0.717, 1.165) is 34.9 Å². The van der Waals surface area contributed by atoms with Gasteiger partial charge in [-0.05, 0) is 53.6 Å². The van der Waals surface area contributed by atoms with E-state index in [2.05, 4.69) is 27.9 Å². The highest BCUT2D eigenvalue weighted by Crippen LogP contribution is 2.30. The number of rotatable bonds is 3. The van der Waals surface area contributed by atoms with Crippen LogP contribution in [-0.2, 0) is 9.59 Å². The maximum absolute atomic E-state index is 12.5. The molecule has 1 saturated heterocycles. The minimum atomic E-state index is -0.451. The van der Waals surface area contributed by atoms with Gasteiger partial charge in [-0.1, -0.05) is 24.4 Å². The molecule has 2 amide bonds. The molecule has 1 heterocycles. The van der Waals surface area contributed by atoms with Crippen molar-refractivity contribution in [3.05, 3.63) is 26.8 Å². The predicted molar refractivity (Wildman–Crippen MR) is 90.3 cm³/mol. The van der Waals surface area contributed by atoms with Gasteiger partial charge in [-0.2, -0.15) is 0 Å². The summed E-state index contributed by atoms with van der Waals surface area (Å²) in [5, 5.41) is 3.85. The van der Waals surface area contributed by atoms with E-state index < -0.39 is 6.04 Å². The predicted octanol–water partition coefficient (Wildman–Crippen LogP) is 3.43. The molecule has 21 heavy (non-hydrogen) atoms. The average Bonchev–Trinajstić information content (AvgIpc) is 3.02. The third kappa shape index (κ3) is 3.04. The molecule has 0 bridgehead atoms. The molecule has 2 aliphatic rings. The van der Waals surface area contributed by atoms with E-state index >= 15 is 0 Å². The zero-order chi connectivity index (χ0) is 15.0. The summed E-state index contributed by atoms with van der Waals surface area (Å²) in [5.41, 5.74) is 0.847. The molecule has 3 rings (SSSR count). The largest absolute Gasteiger partial charge is 0.372 e. The minimum Gasteiger partial charge on any atom is -0.372 e. The SMILES string of the molecule is O=C1CC(Nc2ccc(Cl)cc2I)C(=O)N1C1CCCC1. The molecule has 112 valence electrons. The monoisotopic (exact) mass is 418 g/mol. The van der Waals surface area contributed by atoms with E-state index in [4.69, 9.17) is 11.6 Å². The number of amides is 2. The minimum absolute atomic E-state index is 0.0478. The van der Waals surface area contributed by atoms with Crippen molar-refractivity contribution in [3.63, 3.8) is 0 Å². The number of benzene rings is 1. The van der Waals surface area contributed by atoms with Gasteiger partial charge in [-0.25, -0.2) is 0 Å². The Morgan fingerprint density at radius 3 is 2.62 bits per heavy atom. The fourth-order valence-corrected chi connectivity index (χ4v) is 4.13. The van der Waals surface area contributed by atoms with Gasteiger partial charge in [0.05, 0.1) is 6.42 Å². The van der Waals surface area contributed by atoms with Crippen LogP contribution in [0, 0.1) is 3.57 Å². The molecule has 1 atom stereocenters. The molecular weight excluding hydrogens is 403 g/mol. The molecule has 0 aromatic heterocycles. The van der Waals surface area contributed by atoms with E-state index in [9.17, 15) is 9.59 Å². The van der Waals surface area contributed by atoms with Gasteiger partial charge in [0.25, 0.3) is 5.91 Å². The van der Waals surface area contributed by atoms with Crippen molar-refractivity contribution in [1.29, 1.82) is 0 Å². The van der Waals surface area contributed by atoms with Crippen molar-refractivity contribution in [2.45, 2.75) is 44.2 Å². The number of carbonyl (C=O) groups excluding carboxylic acids is 2. The lowest BCUT2D eigenvalue weighted by molar-refractivity contribution is -0.141. The van der Waals surface area contributed by atoms with E-state index in [-0.39, 0.29) is 24.3 Å². The normalized spacial score (nSPS) is 23.1. The van der Waals surface area contributed by atoms with Gasteiger partial charge in [0.1, 0.15) is 6.04 Å². The third-order valence-electron chi connectivity index (χ3n) is 4.13. The fraction of sp³-hybridized carbons (Fsp3) is 0.467. The Bertz CT molecular complexity index is 587. The summed E-state index contributed by atoms with van der Waals surface area (Å²) in [6, 6.07) is 5.12. The molecule has 6 heteroatoms. The first-order valence-electron chi connectivity index (χ1n) is 7.14. The number of carbonyl (C=O) groups is 2. The van der Waals surface area contributed by atoms with Crippen LogP contribution in [0.1, 0.15) is 32.1 Å². The van der Waals surface area contributed by atoms with Gasteiger partial charge in [0, 0.05) is 20.3 Å². The Morgan fingerprint density at radius 1 is 1.24 bits per heavy atom. The maximum Gasteiger partial charge on any atom is 0.252 e. The molecule has 0 radical (unpaired) electrons. The van der Waals surface area contributed by atoms with Crippen LogP contribution in [0.3, 0.4) is 0 Å². The average molecular weight is 419 g/mol. The van der Waals surface area contributed by atoms with Crippen molar-refractivity contribution in [2.75, 3.05) is 5.32 Å². The first-order valence-corrected chi connectivity index (χ1v) is 8.59. The zero-order valence-electron chi connectivity index (χ0n) is 11.4. The number of nitrogens with zero attached hydrogens (tertiary/aromatic N) is 1. The van der Waals surface area contributed by atoms with Crippen LogP contribution in [0.5, 0.6) is 0 Å². The van der Waals surface area contributed by atoms with Crippen LogP contribution in [-0.4, -0.2) is 28.8 Å². The second-order valence-electron chi connectivity index (χ2n) is 5.57. The van der Waals surface area contributed by atoms with Crippen LogP contribution < -0.4 is 5.32 Å². The zero-order valence-corrected chi connectivity index (χ0v) is 14.4. The van der Waals surface area contributed by atoms with Gasteiger partial charge in [0.2, 0.25) is 5.91 Å². The first-order chi connectivity index (χ1) is 10.1. The van der Waals surface area contributed by atoms with Crippen molar-refractivity contribution < 1.29 is 9.59 Å². The molecule has 1 N–H and O–H groups in total. The van der Waals surface area contributed by atoms with E-state index in [1.807, 2.05) is 12.1 Å². The van der Waals surface area contributed by atoms with Crippen molar-refractivity contribution in [3.8, 4) is 0 Å². The van der Waals surface area contributed by atoms with Crippen LogP contribution in [0.4, 0.5) is 5.69 Å². The maximum atomic E-state index is 12.5. The Morgan fingerprint density at radius 2 is 1.95 bits per heavy atom. The quantitative estimate of drug-likeness (QED) is 0.604. The van der Waals surface area contributed by atoms with E-state index in [1.165, 1.54) is 4.90 Å². The van der Waals surface area contributed by atoms with Crippen molar-refractivity contribution >= 4 is 51.7 Å². The molecule has 0 spiro atoms. The fourth-order valence-electron chi connectivity index (χ4n) is 3.10. The highest BCUT2D eigenvalue weighted by Gasteiger charge is 2.43. The molecule has 1 aliphatic heterocycles. The summed E-state index contributed by atoms with van der Waals surface area (Å²) >= 11 is 8.10. The van der Waals surface area contributed by atoms with Crippen LogP contribution in [0.2, 0.25) is 5.02 Å². The van der Waals surface area contributed by atoms with Crippen molar-refractivity contribution in [1.82, 2.24) is 4.90 Å². The number of hydrogen-bond acceptors (Lipinski definition) is 3. The number of imide groups is 1. The third-order valence-corrected chi connectivity index (χ3v) is 5.26. The second-order valence-corrected chi connectivity index (χ2v) is 7.16. The number of anilines is 1. The second kappa shape index (κ2) is 6.12. The summed E-state index contributed by atoms with van der Waals surface area (Å²) in [4.78, 5) is 26.1. The van der Waals surface area contributed by atoms with Gasteiger partial charge >= 0.3 is 0 Å². The summed E-state index contributed by atoms with van der Waals surface area (Å²) in [7, 11) is 0. The number of hydrogen-bond donors (Lipinski definition) is 1. The molecule has 1 aliphatic carbocycles. The lowest BCUT2D eigenvalue weighted by Crippen LogP contribution is -2.41. The highest BCUT2D eigenvalue weighted by atomic mass is 127. The number of nitrogens with one attached hydrogen (secondary N) is 1. The molecule has 4 nitrogen and oxygen atoms in total. The van der Waals surface area contributed by atoms with Gasteiger partial charge < -0.3 is 5.32 Å². The standard InChI is InChI=1S/C15H16ClIN2O2/c16-9-5-6-12(11(17)7-9)18-13-8-14(20)19(15(13)21)10-3-1-2-4-10/h5-7,10,13,18H,1-4,8H2. The topological polar surface area (TPSA) is 49.4 Å². The summed E-state index contributed by atoms with van der Waals surface area (Å²) in [5.74, 6) is -0.133. The van der Waals surface area contributed by atoms with Gasteiger partial charge in [0.15, 0.2) is 0 Å². The summed E-state index contributed by atoms with van der Waals surface area (Å²) in [6.45, 7) is 0. The van der Waals surface area contributed by atoms with Crippen LogP contribution >= 0.6 is 34.2 Å². The van der Waals surface area contributed by atoms with Crippen LogP contribution in [0.15, 0.2) is 18.2 Å². The molecule has 1 aromatic carbocycles. The summed E-state index contributed by atoms with van der Waals surface area (Å²) < 4.78 is 0.944. The van der Waals surface area contributed by atoms with E-state index in [0.29, 0.717) is 5.02 Å². The Hall–Kier alpha value is -0.820. The summed E-state index contributed by atoms with van der Waals surface area (Å²) in [6.07, 6.45) is 4.35. The smallest absolute Gasteiger partial charge is 0.252 e. The Kier molecular flexibility index (Phi) is 4.40. The lowest BCUT2D eigenvalue weighted by Gasteiger charge is -2.22. The van der Waals surface area contributed by atoms with Gasteiger partial charge in [-0.15, -0.1) is 0 Å². The van der Waals surface area contributed by atoms with Crippen molar-refractivity contribution in [2.24, 2.45) is 0 Å². The first kappa shape index (κ1) is 15.1. The molecule has 2 fully saturated rings. The van der Waals surface area contributed by atoms with E-state index in [1.54, 1.807) is 6.07 Å². The highest BCUT2D eigenvalue weighted by molar-refractivity contribution is 14.1. The lowest BCUT2D eigenvalue weighted by atomic mass is 10.2. The molecular formula is C15H16ClIN2O2. The molecule has 1 aromatic rings. The Balaban J connectivity index is 1.75. The number of halogens is 2.